The number of carbonyl (C=O) groups is 1. The fourth-order valence-electron chi connectivity index (χ4n) is 1.84. The van der Waals surface area contributed by atoms with Crippen LogP contribution in [-0.4, -0.2) is 13.0 Å². The molecule has 0 atom stereocenters. The second-order valence-corrected chi connectivity index (χ2v) is 5.64. The summed E-state index contributed by atoms with van der Waals surface area (Å²) >= 11 is 9.26. The Bertz CT molecular complexity index is 658. The minimum Gasteiger partial charge on any atom is -0.387 e. The van der Waals surface area contributed by atoms with Crippen LogP contribution in [0.5, 0.6) is 0 Å². The molecular formula is C15H14BrClN2O. The lowest BCUT2D eigenvalue weighted by atomic mass is 10.1. The van der Waals surface area contributed by atoms with Gasteiger partial charge < -0.3 is 10.6 Å². The minimum absolute atomic E-state index is 0.163. The van der Waals surface area contributed by atoms with Gasteiger partial charge in [0.1, 0.15) is 0 Å². The number of anilines is 2. The van der Waals surface area contributed by atoms with Crippen molar-refractivity contribution in [1.82, 2.24) is 0 Å². The molecule has 0 spiro atoms. The van der Waals surface area contributed by atoms with Crippen LogP contribution in [0, 0.1) is 6.92 Å². The standard InChI is InChI=1S/C15H14BrClN2O/c1-9-3-5-11(14(7-9)18-2)15(20)19-10-4-6-13(17)12(16)8-10/h3-8,18H,1-2H3,(H,19,20). The molecule has 0 unspecified atom stereocenters. The van der Waals surface area contributed by atoms with E-state index >= 15 is 0 Å². The van der Waals surface area contributed by atoms with Crippen LogP contribution in [0.4, 0.5) is 11.4 Å². The summed E-state index contributed by atoms with van der Waals surface area (Å²) in [6.07, 6.45) is 0. The Kier molecular flexibility index (Phi) is 4.68. The highest BCUT2D eigenvalue weighted by Gasteiger charge is 2.11. The summed E-state index contributed by atoms with van der Waals surface area (Å²) in [5, 5.41) is 6.49. The SMILES string of the molecule is CNc1cc(C)ccc1C(=O)Nc1ccc(Cl)c(Br)c1. The van der Waals surface area contributed by atoms with Crippen molar-refractivity contribution in [2.75, 3.05) is 17.7 Å². The fourth-order valence-corrected chi connectivity index (χ4v) is 2.33. The predicted octanol–water partition coefficient (Wildman–Crippen LogP) is 4.70. The Morgan fingerprint density at radius 2 is 1.95 bits per heavy atom. The number of aryl methyl sites for hydroxylation is 1. The van der Waals surface area contributed by atoms with Crippen LogP contribution >= 0.6 is 27.5 Å². The molecule has 0 bridgehead atoms. The van der Waals surface area contributed by atoms with Crippen molar-refractivity contribution in [1.29, 1.82) is 0 Å². The number of halogens is 2. The average Bonchev–Trinajstić information content (AvgIpc) is 2.42. The molecule has 2 aromatic carbocycles. The summed E-state index contributed by atoms with van der Waals surface area (Å²) in [6, 6.07) is 10.9. The number of rotatable bonds is 3. The zero-order valence-corrected chi connectivity index (χ0v) is 13.5. The summed E-state index contributed by atoms with van der Waals surface area (Å²) < 4.78 is 0.745. The number of amides is 1. The van der Waals surface area contributed by atoms with E-state index in [1.54, 1.807) is 25.2 Å². The highest BCUT2D eigenvalue weighted by Crippen LogP contribution is 2.26. The third-order valence-electron chi connectivity index (χ3n) is 2.87. The van der Waals surface area contributed by atoms with Gasteiger partial charge in [-0.25, -0.2) is 0 Å². The van der Waals surface area contributed by atoms with Crippen molar-refractivity contribution in [2.45, 2.75) is 6.92 Å². The van der Waals surface area contributed by atoms with Crippen LogP contribution in [0.25, 0.3) is 0 Å². The molecule has 2 N–H and O–H groups in total. The van der Waals surface area contributed by atoms with Gasteiger partial charge in [-0.3, -0.25) is 4.79 Å². The molecule has 0 radical (unpaired) electrons. The molecule has 5 heteroatoms. The number of hydrogen-bond acceptors (Lipinski definition) is 2. The van der Waals surface area contributed by atoms with Gasteiger partial charge in [0.15, 0.2) is 0 Å². The largest absolute Gasteiger partial charge is 0.387 e. The van der Waals surface area contributed by atoms with E-state index in [9.17, 15) is 4.79 Å². The van der Waals surface area contributed by atoms with E-state index in [2.05, 4.69) is 26.6 Å². The molecule has 0 aliphatic rings. The molecule has 3 nitrogen and oxygen atoms in total. The van der Waals surface area contributed by atoms with Crippen LogP contribution in [0.15, 0.2) is 40.9 Å². The van der Waals surface area contributed by atoms with Crippen molar-refractivity contribution in [2.24, 2.45) is 0 Å². The lowest BCUT2D eigenvalue weighted by Crippen LogP contribution is -2.14. The summed E-state index contributed by atoms with van der Waals surface area (Å²) in [6.45, 7) is 1.98. The molecule has 0 saturated carbocycles. The third kappa shape index (κ3) is 3.32. The molecule has 104 valence electrons. The van der Waals surface area contributed by atoms with E-state index in [-0.39, 0.29) is 5.91 Å². The van der Waals surface area contributed by atoms with E-state index in [0.717, 1.165) is 15.7 Å². The van der Waals surface area contributed by atoms with E-state index in [1.807, 2.05) is 25.1 Å². The quantitative estimate of drug-likeness (QED) is 0.839. The first-order valence-electron chi connectivity index (χ1n) is 6.06. The van der Waals surface area contributed by atoms with E-state index in [1.165, 1.54) is 0 Å². The highest BCUT2D eigenvalue weighted by atomic mass is 79.9. The van der Waals surface area contributed by atoms with Gasteiger partial charge in [0.2, 0.25) is 0 Å². The lowest BCUT2D eigenvalue weighted by molar-refractivity contribution is 0.102. The minimum atomic E-state index is -0.163. The van der Waals surface area contributed by atoms with Gasteiger partial charge >= 0.3 is 0 Å². The zero-order chi connectivity index (χ0) is 14.7. The molecule has 0 aromatic heterocycles. The van der Waals surface area contributed by atoms with Gasteiger partial charge in [0.25, 0.3) is 5.91 Å². The molecule has 2 rings (SSSR count). The number of benzene rings is 2. The molecule has 1 amide bonds. The maximum atomic E-state index is 12.3. The van der Waals surface area contributed by atoms with E-state index < -0.39 is 0 Å². The molecule has 0 fully saturated rings. The molecule has 0 aliphatic carbocycles. The number of nitrogens with one attached hydrogen (secondary N) is 2. The van der Waals surface area contributed by atoms with Crippen molar-refractivity contribution in [3.05, 3.63) is 57.0 Å². The summed E-state index contributed by atoms with van der Waals surface area (Å²) in [4.78, 5) is 12.3. The first-order valence-corrected chi connectivity index (χ1v) is 7.23. The Morgan fingerprint density at radius 1 is 1.20 bits per heavy atom. The summed E-state index contributed by atoms with van der Waals surface area (Å²) in [5.41, 5.74) is 3.19. The molecule has 0 saturated heterocycles. The Morgan fingerprint density at radius 3 is 2.60 bits per heavy atom. The van der Waals surface area contributed by atoms with Gasteiger partial charge in [-0.1, -0.05) is 17.7 Å². The van der Waals surface area contributed by atoms with Crippen molar-refractivity contribution in [3.8, 4) is 0 Å². The van der Waals surface area contributed by atoms with E-state index in [4.69, 9.17) is 11.6 Å². The zero-order valence-electron chi connectivity index (χ0n) is 11.1. The second kappa shape index (κ2) is 6.29. The predicted molar refractivity (Wildman–Crippen MR) is 87.8 cm³/mol. The molecular weight excluding hydrogens is 340 g/mol. The Balaban J connectivity index is 2.25. The van der Waals surface area contributed by atoms with Gasteiger partial charge in [0.05, 0.1) is 10.6 Å². The second-order valence-electron chi connectivity index (χ2n) is 4.38. The van der Waals surface area contributed by atoms with Gasteiger partial charge in [-0.2, -0.15) is 0 Å². The van der Waals surface area contributed by atoms with Crippen LogP contribution in [0.2, 0.25) is 5.02 Å². The van der Waals surface area contributed by atoms with Crippen molar-refractivity contribution in [3.63, 3.8) is 0 Å². The monoisotopic (exact) mass is 352 g/mol. The fraction of sp³-hybridized carbons (Fsp3) is 0.133. The normalized spacial score (nSPS) is 10.2. The van der Waals surface area contributed by atoms with Crippen LogP contribution in [0.1, 0.15) is 15.9 Å². The summed E-state index contributed by atoms with van der Waals surface area (Å²) in [5.74, 6) is -0.163. The highest BCUT2D eigenvalue weighted by molar-refractivity contribution is 9.10. The molecule has 20 heavy (non-hydrogen) atoms. The molecule has 2 aromatic rings. The number of hydrogen-bond donors (Lipinski definition) is 2. The van der Waals surface area contributed by atoms with Crippen LogP contribution in [-0.2, 0) is 0 Å². The van der Waals surface area contributed by atoms with Crippen LogP contribution in [0.3, 0.4) is 0 Å². The maximum Gasteiger partial charge on any atom is 0.257 e. The maximum absolute atomic E-state index is 12.3. The van der Waals surface area contributed by atoms with Crippen LogP contribution < -0.4 is 10.6 Å². The Labute approximate surface area is 131 Å². The molecule has 0 aliphatic heterocycles. The Hall–Kier alpha value is -1.52. The first-order chi connectivity index (χ1) is 9.51. The average molecular weight is 354 g/mol. The molecule has 0 heterocycles. The van der Waals surface area contributed by atoms with Gasteiger partial charge in [-0.05, 0) is 58.7 Å². The van der Waals surface area contributed by atoms with Crippen molar-refractivity contribution < 1.29 is 4.79 Å². The number of carbonyl (C=O) groups excluding carboxylic acids is 1. The smallest absolute Gasteiger partial charge is 0.257 e. The lowest BCUT2D eigenvalue weighted by Gasteiger charge is -2.11. The van der Waals surface area contributed by atoms with Gasteiger partial charge in [-0.15, -0.1) is 0 Å². The van der Waals surface area contributed by atoms with Gasteiger partial charge in [0, 0.05) is 22.9 Å². The summed E-state index contributed by atoms with van der Waals surface area (Å²) in [7, 11) is 1.80. The first kappa shape index (κ1) is 14.9. The topological polar surface area (TPSA) is 41.1 Å². The van der Waals surface area contributed by atoms with Crippen molar-refractivity contribution >= 4 is 44.8 Å². The third-order valence-corrected chi connectivity index (χ3v) is 4.08. The van der Waals surface area contributed by atoms with E-state index in [0.29, 0.717) is 16.3 Å².